The number of rotatable bonds is 5. The van der Waals surface area contributed by atoms with Gasteiger partial charge in [-0.05, 0) is 19.9 Å². The fourth-order valence-electron chi connectivity index (χ4n) is 2.89. The highest BCUT2D eigenvalue weighted by molar-refractivity contribution is 5.91. The molecule has 0 aliphatic carbocycles. The Labute approximate surface area is 155 Å². The van der Waals surface area contributed by atoms with E-state index in [1.54, 1.807) is 12.1 Å². The molecule has 0 unspecified atom stereocenters. The van der Waals surface area contributed by atoms with Crippen LogP contribution in [0, 0.1) is 0 Å². The number of aromatic nitrogens is 5. The molecular formula is C18H18N6O3. The number of amides is 1. The molecule has 9 heteroatoms. The van der Waals surface area contributed by atoms with Crippen LogP contribution in [0.5, 0.6) is 11.5 Å². The van der Waals surface area contributed by atoms with E-state index in [0.29, 0.717) is 23.1 Å². The zero-order valence-corrected chi connectivity index (χ0v) is 14.9. The normalized spacial score (nSPS) is 14.3. The summed E-state index contributed by atoms with van der Waals surface area (Å²) in [7, 11) is 0. The van der Waals surface area contributed by atoms with Gasteiger partial charge in [0, 0.05) is 18.1 Å². The molecule has 27 heavy (non-hydrogen) atoms. The monoisotopic (exact) mass is 366 g/mol. The molecular weight excluding hydrogens is 348 g/mol. The molecule has 2 aromatic heterocycles. The van der Waals surface area contributed by atoms with Gasteiger partial charge in [-0.15, -0.1) is 0 Å². The van der Waals surface area contributed by atoms with Gasteiger partial charge in [-0.2, -0.15) is 5.10 Å². The van der Waals surface area contributed by atoms with Crippen LogP contribution in [0.1, 0.15) is 19.4 Å². The lowest BCUT2D eigenvalue weighted by atomic mass is 10.0. The molecule has 0 spiro atoms. The first-order chi connectivity index (χ1) is 13.0. The SMILES string of the molecule is CC1(C)Cc2cccc(OCC(=O)Nc3cc(-n4cncn4)ncn3)c2O1. The van der Waals surface area contributed by atoms with Crippen molar-refractivity contribution in [2.45, 2.75) is 25.9 Å². The molecule has 9 nitrogen and oxygen atoms in total. The first-order valence-electron chi connectivity index (χ1n) is 8.41. The van der Waals surface area contributed by atoms with E-state index in [1.165, 1.54) is 23.7 Å². The lowest BCUT2D eigenvalue weighted by Gasteiger charge is -2.18. The van der Waals surface area contributed by atoms with E-state index in [4.69, 9.17) is 9.47 Å². The van der Waals surface area contributed by atoms with E-state index in [-0.39, 0.29) is 18.1 Å². The molecule has 0 bridgehead atoms. The third kappa shape index (κ3) is 3.71. The zero-order chi connectivity index (χ0) is 18.9. The highest BCUT2D eigenvalue weighted by Crippen LogP contribution is 2.41. The van der Waals surface area contributed by atoms with Crippen molar-refractivity contribution in [1.29, 1.82) is 0 Å². The fourth-order valence-corrected chi connectivity index (χ4v) is 2.89. The summed E-state index contributed by atoms with van der Waals surface area (Å²) in [5.41, 5.74) is 0.800. The van der Waals surface area contributed by atoms with Crippen molar-refractivity contribution in [3.63, 3.8) is 0 Å². The minimum absolute atomic E-state index is 0.164. The van der Waals surface area contributed by atoms with Crippen molar-refractivity contribution in [1.82, 2.24) is 24.7 Å². The number of hydrogen-bond donors (Lipinski definition) is 1. The summed E-state index contributed by atoms with van der Waals surface area (Å²) in [6.45, 7) is 3.87. The maximum absolute atomic E-state index is 12.2. The van der Waals surface area contributed by atoms with Gasteiger partial charge in [0.15, 0.2) is 23.9 Å². The van der Waals surface area contributed by atoms with Crippen molar-refractivity contribution in [2.75, 3.05) is 11.9 Å². The number of carbonyl (C=O) groups is 1. The molecule has 1 aliphatic heterocycles. The molecule has 0 fully saturated rings. The van der Waals surface area contributed by atoms with Crippen LogP contribution >= 0.6 is 0 Å². The lowest BCUT2D eigenvalue weighted by molar-refractivity contribution is -0.118. The molecule has 1 N–H and O–H groups in total. The van der Waals surface area contributed by atoms with Gasteiger partial charge < -0.3 is 14.8 Å². The Balaban J connectivity index is 1.40. The second-order valence-electron chi connectivity index (χ2n) is 6.72. The van der Waals surface area contributed by atoms with Crippen molar-refractivity contribution >= 4 is 11.7 Å². The maximum atomic E-state index is 12.2. The second kappa shape index (κ2) is 6.67. The Bertz CT molecular complexity index is 971. The molecule has 0 radical (unpaired) electrons. The maximum Gasteiger partial charge on any atom is 0.263 e. The standard InChI is InChI=1S/C18H18N6O3/c1-18(2)7-12-4-3-5-13(17(12)27-18)26-8-16(25)23-14-6-15(21-10-20-14)24-11-19-9-22-24/h3-6,9-11H,7-8H2,1-2H3,(H,20,21,23,25). The molecule has 0 atom stereocenters. The molecule has 0 saturated heterocycles. The van der Waals surface area contributed by atoms with Gasteiger partial charge in [-0.1, -0.05) is 12.1 Å². The Kier molecular flexibility index (Phi) is 4.19. The van der Waals surface area contributed by atoms with Crippen LogP contribution in [0.2, 0.25) is 0 Å². The number of nitrogens with one attached hydrogen (secondary N) is 1. The van der Waals surface area contributed by atoms with E-state index in [9.17, 15) is 4.79 Å². The van der Waals surface area contributed by atoms with Crippen molar-refractivity contribution in [2.24, 2.45) is 0 Å². The molecule has 4 rings (SSSR count). The van der Waals surface area contributed by atoms with E-state index in [2.05, 4.69) is 25.4 Å². The van der Waals surface area contributed by atoms with Gasteiger partial charge in [0.2, 0.25) is 0 Å². The smallest absolute Gasteiger partial charge is 0.263 e. The number of hydrogen-bond acceptors (Lipinski definition) is 7. The highest BCUT2D eigenvalue weighted by Gasteiger charge is 2.32. The number of fused-ring (bicyclic) bond motifs is 1. The molecule has 1 aliphatic rings. The third-order valence-electron chi connectivity index (χ3n) is 3.99. The Morgan fingerprint density at radius 1 is 1.33 bits per heavy atom. The van der Waals surface area contributed by atoms with Crippen LogP contribution in [0.15, 0.2) is 43.2 Å². The van der Waals surface area contributed by atoms with E-state index in [0.717, 1.165) is 12.0 Å². The Hall–Kier alpha value is -3.49. The first-order valence-corrected chi connectivity index (χ1v) is 8.41. The van der Waals surface area contributed by atoms with Gasteiger partial charge in [0.25, 0.3) is 5.91 Å². The van der Waals surface area contributed by atoms with E-state index in [1.807, 2.05) is 26.0 Å². The molecule has 1 aromatic carbocycles. The largest absolute Gasteiger partial charge is 0.483 e. The van der Waals surface area contributed by atoms with Crippen molar-refractivity contribution in [3.05, 3.63) is 48.8 Å². The van der Waals surface area contributed by atoms with Crippen LogP contribution in [0.4, 0.5) is 5.82 Å². The zero-order valence-electron chi connectivity index (χ0n) is 14.9. The van der Waals surface area contributed by atoms with Gasteiger partial charge in [0.05, 0.1) is 0 Å². The van der Waals surface area contributed by atoms with Gasteiger partial charge in [-0.25, -0.2) is 19.6 Å². The molecule has 3 heterocycles. The lowest BCUT2D eigenvalue weighted by Crippen LogP contribution is -2.25. The summed E-state index contributed by atoms with van der Waals surface area (Å²) in [6, 6.07) is 7.29. The summed E-state index contributed by atoms with van der Waals surface area (Å²) in [5.74, 6) is 1.76. The first kappa shape index (κ1) is 17.0. The van der Waals surface area contributed by atoms with Crippen LogP contribution in [0.3, 0.4) is 0 Å². The Morgan fingerprint density at radius 3 is 3.04 bits per heavy atom. The highest BCUT2D eigenvalue weighted by atomic mass is 16.5. The molecule has 1 amide bonds. The quantitative estimate of drug-likeness (QED) is 0.734. The predicted octanol–water partition coefficient (Wildman–Crippen LogP) is 1.79. The van der Waals surface area contributed by atoms with Crippen molar-refractivity contribution in [3.8, 4) is 17.3 Å². The number of para-hydroxylation sites is 1. The summed E-state index contributed by atoms with van der Waals surface area (Å²) in [5, 5.41) is 6.67. The number of benzene rings is 1. The van der Waals surface area contributed by atoms with Crippen LogP contribution in [-0.2, 0) is 11.2 Å². The summed E-state index contributed by atoms with van der Waals surface area (Å²) in [6.07, 6.45) is 5.05. The van der Waals surface area contributed by atoms with Crippen LogP contribution < -0.4 is 14.8 Å². The van der Waals surface area contributed by atoms with Gasteiger partial charge >= 0.3 is 0 Å². The van der Waals surface area contributed by atoms with E-state index >= 15 is 0 Å². The topological polar surface area (TPSA) is 104 Å². The number of carbonyl (C=O) groups excluding carboxylic acids is 1. The second-order valence-corrected chi connectivity index (χ2v) is 6.72. The average molecular weight is 366 g/mol. The van der Waals surface area contributed by atoms with Crippen molar-refractivity contribution < 1.29 is 14.3 Å². The summed E-state index contributed by atoms with van der Waals surface area (Å²) in [4.78, 5) is 24.2. The number of nitrogens with zero attached hydrogens (tertiary/aromatic N) is 5. The van der Waals surface area contributed by atoms with Crippen LogP contribution in [-0.4, -0.2) is 42.8 Å². The predicted molar refractivity (Wildman–Crippen MR) is 95.9 cm³/mol. The minimum atomic E-state index is -0.340. The third-order valence-corrected chi connectivity index (χ3v) is 3.99. The average Bonchev–Trinajstić information content (AvgIpc) is 3.26. The fraction of sp³-hybridized carbons (Fsp3) is 0.278. The number of ether oxygens (including phenoxy) is 2. The molecule has 0 saturated carbocycles. The van der Waals surface area contributed by atoms with Gasteiger partial charge in [0.1, 0.15) is 30.4 Å². The summed E-state index contributed by atoms with van der Waals surface area (Å²) >= 11 is 0. The molecule has 138 valence electrons. The minimum Gasteiger partial charge on any atom is -0.483 e. The molecule has 3 aromatic rings. The van der Waals surface area contributed by atoms with Crippen LogP contribution in [0.25, 0.3) is 5.82 Å². The number of anilines is 1. The Morgan fingerprint density at radius 2 is 2.22 bits per heavy atom. The van der Waals surface area contributed by atoms with Gasteiger partial charge in [-0.3, -0.25) is 4.79 Å². The van der Waals surface area contributed by atoms with E-state index < -0.39 is 0 Å². The summed E-state index contributed by atoms with van der Waals surface area (Å²) < 4.78 is 13.1.